The van der Waals surface area contributed by atoms with Gasteiger partial charge in [-0.15, -0.1) is 11.3 Å². The molecule has 68 valence electrons. The van der Waals surface area contributed by atoms with Crippen LogP contribution in [-0.2, 0) is 13.0 Å². The van der Waals surface area contributed by atoms with Gasteiger partial charge < -0.3 is 5.32 Å². The van der Waals surface area contributed by atoms with E-state index in [1.807, 2.05) is 11.3 Å². The SMILES string of the molecule is CCCNCc1csc(CC)c1. The van der Waals surface area contributed by atoms with E-state index in [0.29, 0.717) is 0 Å². The molecule has 12 heavy (non-hydrogen) atoms. The Morgan fingerprint density at radius 2 is 2.25 bits per heavy atom. The first-order valence-corrected chi connectivity index (χ1v) is 5.51. The van der Waals surface area contributed by atoms with Crippen LogP contribution in [0, 0.1) is 0 Å². The lowest BCUT2D eigenvalue weighted by Crippen LogP contribution is -2.12. The van der Waals surface area contributed by atoms with Crippen LogP contribution in [0.2, 0.25) is 0 Å². The summed E-state index contributed by atoms with van der Waals surface area (Å²) < 4.78 is 0. The van der Waals surface area contributed by atoms with Gasteiger partial charge in [0.2, 0.25) is 0 Å². The van der Waals surface area contributed by atoms with Gasteiger partial charge in [-0.05, 0) is 36.4 Å². The molecule has 0 saturated heterocycles. The molecule has 2 heteroatoms. The third-order valence-electron chi connectivity index (χ3n) is 1.81. The summed E-state index contributed by atoms with van der Waals surface area (Å²) >= 11 is 1.87. The fraction of sp³-hybridized carbons (Fsp3) is 0.600. The molecule has 0 aliphatic rings. The number of thiophene rings is 1. The minimum atomic E-state index is 1.03. The molecule has 0 amide bonds. The zero-order chi connectivity index (χ0) is 8.81. The highest BCUT2D eigenvalue weighted by atomic mass is 32.1. The predicted molar refractivity (Wildman–Crippen MR) is 55.7 cm³/mol. The van der Waals surface area contributed by atoms with Crippen LogP contribution >= 0.6 is 11.3 Å². The molecule has 0 atom stereocenters. The van der Waals surface area contributed by atoms with Gasteiger partial charge in [0.05, 0.1) is 0 Å². The van der Waals surface area contributed by atoms with E-state index in [9.17, 15) is 0 Å². The van der Waals surface area contributed by atoms with Crippen molar-refractivity contribution in [3.8, 4) is 0 Å². The van der Waals surface area contributed by atoms with Crippen LogP contribution < -0.4 is 5.32 Å². The van der Waals surface area contributed by atoms with Crippen molar-refractivity contribution < 1.29 is 0 Å². The van der Waals surface area contributed by atoms with Gasteiger partial charge in [-0.2, -0.15) is 0 Å². The fourth-order valence-electron chi connectivity index (χ4n) is 1.11. The van der Waals surface area contributed by atoms with Gasteiger partial charge in [0, 0.05) is 11.4 Å². The van der Waals surface area contributed by atoms with Gasteiger partial charge >= 0.3 is 0 Å². The van der Waals surface area contributed by atoms with Crippen LogP contribution in [0.15, 0.2) is 11.4 Å². The number of aryl methyl sites for hydroxylation is 1. The van der Waals surface area contributed by atoms with Crippen molar-refractivity contribution in [1.29, 1.82) is 0 Å². The average molecular weight is 183 g/mol. The lowest BCUT2D eigenvalue weighted by Gasteiger charge is -1.98. The second-order valence-electron chi connectivity index (χ2n) is 2.95. The Kier molecular flexibility index (Phi) is 4.33. The summed E-state index contributed by atoms with van der Waals surface area (Å²) in [5.74, 6) is 0. The fourth-order valence-corrected chi connectivity index (χ4v) is 1.95. The molecule has 0 fully saturated rings. The maximum absolute atomic E-state index is 3.40. The van der Waals surface area contributed by atoms with E-state index in [4.69, 9.17) is 0 Å². The number of nitrogens with one attached hydrogen (secondary N) is 1. The standard InChI is InChI=1S/C10H17NS/c1-3-5-11-7-9-6-10(4-2)12-8-9/h6,8,11H,3-5,7H2,1-2H3. The van der Waals surface area contributed by atoms with Gasteiger partial charge in [-0.1, -0.05) is 13.8 Å². The lowest BCUT2D eigenvalue weighted by molar-refractivity contribution is 0.676. The molecule has 1 N–H and O–H groups in total. The molecular formula is C10H17NS. The summed E-state index contributed by atoms with van der Waals surface area (Å²) in [4.78, 5) is 1.49. The zero-order valence-electron chi connectivity index (χ0n) is 7.89. The highest BCUT2D eigenvalue weighted by Gasteiger charge is 1.96. The van der Waals surface area contributed by atoms with Crippen LogP contribution in [0.1, 0.15) is 30.7 Å². The minimum Gasteiger partial charge on any atom is -0.313 e. The van der Waals surface area contributed by atoms with Crippen molar-refractivity contribution in [3.63, 3.8) is 0 Å². The lowest BCUT2D eigenvalue weighted by atomic mass is 10.3. The monoisotopic (exact) mass is 183 g/mol. The normalized spacial score (nSPS) is 10.5. The molecule has 0 aromatic carbocycles. The minimum absolute atomic E-state index is 1.03. The summed E-state index contributed by atoms with van der Waals surface area (Å²) in [6, 6.07) is 2.30. The second kappa shape index (κ2) is 5.33. The Balaban J connectivity index is 2.31. The van der Waals surface area contributed by atoms with Crippen molar-refractivity contribution in [2.24, 2.45) is 0 Å². The Bertz CT molecular complexity index is 217. The molecule has 0 radical (unpaired) electrons. The third-order valence-corrected chi connectivity index (χ3v) is 2.94. The molecule has 1 aromatic heterocycles. The van der Waals surface area contributed by atoms with Gasteiger partial charge in [-0.25, -0.2) is 0 Å². The smallest absolute Gasteiger partial charge is 0.0213 e. The van der Waals surface area contributed by atoms with Crippen molar-refractivity contribution in [3.05, 3.63) is 21.9 Å². The van der Waals surface area contributed by atoms with E-state index in [1.165, 1.54) is 23.3 Å². The first kappa shape index (κ1) is 9.75. The van der Waals surface area contributed by atoms with Crippen molar-refractivity contribution in [2.45, 2.75) is 33.2 Å². The van der Waals surface area contributed by atoms with E-state index >= 15 is 0 Å². The van der Waals surface area contributed by atoms with Crippen LogP contribution in [0.5, 0.6) is 0 Å². The first-order valence-electron chi connectivity index (χ1n) is 4.63. The summed E-state index contributed by atoms with van der Waals surface area (Å²) in [5.41, 5.74) is 1.44. The van der Waals surface area contributed by atoms with Gasteiger partial charge in [0.25, 0.3) is 0 Å². The topological polar surface area (TPSA) is 12.0 Å². The van der Waals surface area contributed by atoms with Crippen LogP contribution in [-0.4, -0.2) is 6.54 Å². The maximum Gasteiger partial charge on any atom is 0.0213 e. The second-order valence-corrected chi connectivity index (χ2v) is 3.95. The quantitative estimate of drug-likeness (QED) is 0.692. The van der Waals surface area contributed by atoms with Crippen molar-refractivity contribution in [1.82, 2.24) is 5.32 Å². The van der Waals surface area contributed by atoms with Gasteiger partial charge in [0.15, 0.2) is 0 Å². The van der Waals surface area contributed by atoms with Crippen LogP contribution in [0.3, 0.4) is 0 Å². The van der Waals surface area contributed by atoms with Crippen LogP contribution in [0.4, 0.5) is 0 Å². The Morgan fingerprint density at radius 3 is 2.83 bits per heavy atom. The van der Waals surface area contributed by atoms with Crippen molar-refractivity contribution in [2.75, 3.05) is 6.54 Å². The predicted octanol–water partition coefficient (Wildman–Crippen LogP) is 2.81. The molecule has 1 heterocycles. The molecular weight excluding hydrogens is 166 g/mol. The van der Waals surface area contributed by atoms with Gasteiger partial charge in [0.1, 0.15) is 0 Å². The van der Waals surface area contributed by atoms with E-state index in [2.05, 4.69) is 30.6 Å². The molecule has 0 unspecified atom stereocenters. The number of hydrogen-bond acceptors (Lipinski definition) is 2. The molecule has 1 aromatic rings. The van der Waals surface area contributed by atoms with Crippen LogP contribution in [0.25, 0.3) is 0 Å². The third kappa shape index (κ3) is 2.95. The molecule has 1 nitrogen and oxygen atoms in total. The summed E-state index contributed by atoms with van der Waals surface area (Å²) in [5, 5.41) is 5.65. The summed E-state index contributed by atoms with van der Waals surface area (Å²) in [6.45, 7) is 6.55. The maximum atomic E-state index is 3.40. The van der Waals surface area contributed by atoms with E-state index < -0.39 is 0 Å². The summed E-state index contributed by atoms with van der Waals surface area (Å²) in [6.07, 6.45) is 2.38. The molecule has 0 saturated carbocycles. The number of hydrogen-bond donors (Lipinski definition) is 1. The molecule has 0 aliphatic carbocycles. The van der Waals surface area contributed by atoms with Gasteiger partial charge in [-0.3, -0.25) is 0 Å². The highest BCUT2D eigenvalue weighted by molar-refractivity contribution is 7.10. The summed E-state index contributed by atoms with van der Waals surface area (Å²) in [7, 11) is 0. The Hall–Kier alpha value is -0.340. The Labute approximate surface area is 78.8 Å². The first-order chi connectivity index (χ1) is 5.86. The molecule has 0 spiro atoms. The van der Waals surface area contributed by atoms with E-state index in [-0.39, 0.29) is 0 Å². The molecule has 0 aliphatic heterocycles. The zero-order valence-corrected chi connectivity index (χ0v) is 8.71. The largest absolute Gasteiger partial charge is 0.313 e. The van der Waals surface area contributed by atoms with E-state index in [1.54, 1.807) is 0 Å². The Morgan fingerprint density at radius 1 is 1.42 bits per heavy atom. The average Bonchev–Trinajstić information content (AvgIpc) is 2.53. The number of rotatable bonds is 5. The molecule has 1 rings (SSSR count). The van der Waals surface area contributed by atoms with E-state index in [0.717, 1.165) is 13.1 Å². The van der Waals surface area contributed by atoms with Crippen molar-refractivity contribution >= 4 is 11.3 Å². The highest BCUT2D eigenvalue weighted by Crippen LogP contribution is 2.14. The molecule has 0 bridgehead atoms.